The Hall–Kier alpha value is -0.0800. The fourth-order valence-corrected chi connectivity index (χ4v) is 0.728. The molecule has 0 atom stereocenters. The van der Waals surface area contributed by atoms with Gasteiger partial charge < -0.3 is 11.5 Å². The molecule has 12 heavy (non-hydrogen) atoms. The van der Waals surface area contributed by atoms with Crippen LogP contribution in [0, 0.1) is 5.92 Å². The zero-order chi connectivity index (χ0) is 9.82. The van der Waals surface area contributed by atoms with Gasteiger partial charge in [0.15, 0.2) is 0 Å². The topological polar surface area (TPSA) is 52.0 Å². The van der Waals surface area contributed by atoms with Gasteiger partial charge in [0.05, 0.1) is 0 Å². The molecule has 0 saturated heterocycles. The van der Waals surface area contributed by atoms with Crippen LogP contribution in [-0.4, -0.2) is 13.1 Å². The number of nitrogens with two attached hydrogens (primary N) is 2. The average Bonchev–Trinajstić information content (AvgIpc) is 2.02. The van der Waals surface area contributed by atoms with Crippen LogP contribution in [0.15, 0.2) is 0 Å². The summed E-state index contributed by atoms with van der Waals surface area (Å²) in [5.74, 6) is 0.773. The van der Waals surface area contributed by atoms with Gasteiger partial charge in [0.1, 0.15) is 0 Å². The summed E-state index contributed by atoms with van der Waals surface area (Å²) < 4.78 is 0. The summed E-state index contributed by atoms with van der Waals surface area (Å²) in [5, 5.41) is 0. The lowest BCUT2D eigenvalue weighted by atomic mass is 10.1. The third-order valence-electron chi connectivity index (χ3n) is 1.55. The Balaban J connectivity index is 0. The van der Waals surface area contributed by atoms with Gasteiger partial charge in [-0.1, -0.05) is 33.6 Å². The van der Waals surface area contributed by atoms with E-state index in [1.165, 1.54) is 19.3 Å². The molecule has 0 aromatic carbocycles. The van der Waals surface area contributed by atoms with Crippen molar-refractivity contribution in [1.29, 1.82) is 0 Å². The minimum atomic E-state index is 0.773. The molecular weight excluding hydrogens is 148 g/mol. The Morgan fingerprint density at radius 1 is 1.00 bits per heavy atom. The van der Waals surface area contributed by atoms with Gasteiger partial charge in [-0.25, -0.2) is 0 Å². The van der Waals surface area contributed by atoms with E-state index in [1.807, 2.05) is 0 Å². The molecule has 0 radical (unpaired) electrons. The summed E-state index contributed by atoms with van der Waals surface area (Å²) in [6, 6.07) is 0. The highest BCUT2D eigenvalue weighted by molar-refractivity contribution is 4.42. The molecule has 0 aromatic rings. The van der Waals surface area contributed by atoms with Crippen molar-refractivity contribution in [1.82, 2.24) is 0 Å². The molecular formula is C10H26N2. The number of hydrogen-bond acceptors (Lipinski definition) is 2. The molecule has 0 aliphatic rings. The van der Waals surface area contributed by atoms with Crippen LogP contribution in [0.3, 0.4) is 0 Å². The van der Waals surface area contributed by atoms with Crippen LogP contribution in [0.4, 0.5) is 0 Å². The highest BCUT2D eigenvalue weighted by Gasteiger charge is 1.85. The fourth-order valence-electron chi connectivity index (χ4n) is 0.728. The van der Waals surface area contributed by atoms with Crippen LogP contribution in [0.2, 0.25) is 0 Å². The van der Waals surface area contributed by atoms with E-state index in [9.17, 15) is 0 Å². The summed E-state index contributed by atoms with van der Waals surface area (Å²) >= 11 is 0. The fraction of sp³-hybridized carbons (Fsp3) is 1.00. The van der Waals surface area contributed by atoms with Gasteiger partial charge in [0.2, 0.25) is 0 Å². The lowest BCUT2D eigenvalue weighted by molar-refractivity contribution is 0.596. The van der Waals surface area contributed by atoms with Crippen molar-refractivity contribution in [3.63, 3.8) is 0 Å². The summed E-state index contributed by atoms with van der Waals surface area (Å²) in [4.78, 5) is 0. The SMILES string of the molecule is CC(C)CCN.CCCCCN. The molecule has 0 spiro atoms. The molecule has 0 amide bonds. The lowest BCUT2D eigenvalue weighted by Crippen LogP contribution is -2.01. The molecule has 0 unspecified atom stereocenters. The van der Waals surface area contributed by atoms with Crippen molar-refractivity contribution in [2.75, 3.05) is 13.1 Å². The molecule has 0 aliphatic heterocycles. The Bertz CT molecular complexity index is 58.9. The summed E-state index contributed by atoms with van der Waals surface area (Å²) in [6.45, 7) is 8.21. The zero-order valence-electron chi connectivity index (χ0n) is 8.97. The second-order valence-electron chi connectivity index (χ2n) is 3.47. The van der Waals surface area contributed by atoms with Gasteiger partial charge in [0.25, 0.3) is 0 Å². The molecule has 0 heterocycles. The molecule has 0 bridgehead atoms. The number of unbranched alkanes of at least 4 members (excludes halogenated alkanes) is 2. The van der Waals surface area contributed by atoms with Crippen molar-refractivity contribution >= 4 is 0 Å². The van der Waals surface area contributed by atoms with E-state index in [-0.39, 0.29) is 0 Å². The van der Waals surface area contributed by atoms with Crippen molar-refractivity contribution in [3.05, 3.63) is 0 Å². The second kappa shape index (κ2) is 13.5. The normalized spacial score (nSPS) is 9.50. The van der Waals surface area contributed by atoms with Crippen LogP contribution in [-0.2, 0) is 0 Å². The third-order valence-corrected chi connectivity index (χ3v) is 1.55. The van der Waals surface area contributed by atoms with E-state index in [0.29, 0.717) is 0 Å². The lowest BCUT2D eigenvalue weighted by Gasteiger charge is -1.96. The molecule has 0 rings (SSSR count). The van der Waals surface area contributed by atoms with E-state index in [2.05, 4.69) is 20.8 Å². The Labute approximate surface area is 77.7 Å². The van der Waals surface area contributed by atoms with E-state index in [1.54, 1.807) is 0 Å². The minimum Gasteiger partial charge on any atom is -0.330 e. The highest BCUT2D eigenvalue weighted by atomic mass is 14.5. The van der Waals surface area contributed by atoms with Crippen molar-refractivity contribution in [2.24, 2.45) is 17.4 Å². The Kier molecular flexibility index (Phi) is 16.3. The van der Waals surface area contributed by atoms with Crippen molar-refractivity contribution in [3.8, 4) is 0 Å². The highest BCUT2D eigenvalue weighted by Crippen LogP contribution is 1.93. The monoisotopic (exact) mass is 174 g/mol. The van der Waals surface area contributed by atoms with Gasteiger partial charge in [-0.05, 0) is 31.8 Å². The van der Waals surface area contributed by atoms with Gasteiger partial charge >= 0.3 is 0 Å². The first-order chi connectivity index (χ1) is 5.68. The van der Waals surface area contributed by atoms with Crippen LogP contribution in [0.25, 0.3) is 0 Å². The largest absolute Gasteiger partial charge is 0.330 e. The first-order valence-corrected chi connectivity index (χ1v) is 5.09. The van der Waals surface area contributed by atoms with Crippen LogP contribution >= 0.6 is 0 Å². The average molecular weight is 174 g/mol. The van der Waals surface area contributed by atoms with Gasteiger partial charge in [-0.3, -0.25) is 0 Å². The molecule has 0 aliphatic carbocycles. The Morgan fingerprint density at radius 2 is 1.58 bits per heavy atom. The quantitative estimate of drug-likeness (QED) is 0.627. The van der Waals surface area contributed by atoms with Crippen LogP contribution < -0.4 is 11.5 Å². The van der Waals surface area contributed by atoms with Crippen molar-refractivity contribution < 1.29 is 0 Å². The summed E-state index contributed by atoms with van der Waals surface area (Å²) in [6.07, 6.45) is 4.91. The first-order valence-electron chi connectivity index (χ1n) is 5.09. The maximum Gasteiger partial charge on any atom is -0.00748 e. The molecule has 2 nitrogen and oxygen atoms in total. The van der Waals surface area contributed by atoms with E-state index in [0.717, 1.165) is 25.4 Å². The molecule has 0 saturated carbocycles. The Morgan fingerprint density at radius 3 is 1.67 bits per heavy atom. The molecule has 4 N–H and O–H groups in total. The smallest absolute Gasteiger partial charge is 0.00748 e. The van der Waals surface area contributed by atoms with E-state index < -0.39 is 0 Å². The number of rotatable bonds is 5. The molecule has 0 fully saturated rings. The van der Waals surface area contributed by atoms with Crippen LogP contribution in [0.1, 0.15) is 46.5 Å². The summed E-state index contributed by atoms with van der Waals surface area (Å²) in [7, 11) is 0. The molecule has 0 aromatic heterocycles. The second-order valence-corrected chi connectivity index (χ2v) is 3.47. The van der Waals surface area contributed by atoms with Crippen molar-refractivity contribution in [2.45, 2.75) is 46.5 Å². The zero-order valence-corrected chi connectivity index (χ0v) is 8.97. The molecule has 2 heteroatoms. The predicted octanol–water partition coefficient (Wildman–Crippen LogP) is 2.13. The summed E-state index contributed by atoms with van der Waals surface area (Å²) in [5.41, 5.74) is 10.4. The molecule has 76 valence electrons. The van der Waals surface area contributed by atoms with Crippen LogP contribution in [0.5, 0.6) is 0 Å². The van der Waals surface area contributed by atoms with Gasteiger partial charge in [-0.15, -0.1) is 0 Å². The first kappa shape index (κ1) is 14.4. The third kappa shape index (κ3) is 22.5. The minimum absolute atomic E-state index is 0.773. The van der Waals surface area contributed by atoms with E-state index in [4.69, 9.17) is 11.5 Å². The standard InChI is InChI=1S/2C5H13N/c1-5(2)3-4-6;1-2-3-4-5-6/h5H,3-4,6H2,1-2H3;2-6H2,1H3. The maximum atomic E-state index is 5.23. The maximum absolute atomic E-state index is 5.23. The predicted molar refractivity (Wildman–Crippen MR) is 57.1 cm³/mol. The van der Waals surface area contributed by atoms with E-state index >= 15 is 0 Å². The van der Waals surface area contributed by atoms with Gasteiger partial charge in [-0.2, -0.15) is 0 Å². The van der Waals surface area contributed by atoms with Gasteiger partial charge in [0, 0.05) is 0 Å². The number of hydrogen-bond donors (Lipinski definition) is 2.